The molecule has 1 aliphatic carbocycles. The second kappa shape index (κ2) is 14.1. The van der Waals surface area contributed by atoms with Crippen molar-refractivity contribution in [2.45, 2.75) is 26.2 Å². The normalized spacial score (nSPS) is 13.9. The van der Waals surface area contributed by atoms with E-state index in [9.17, 15) is 0 Å². The summed E-state index contributed by atoms with van der Waals surface area (Å²) in [6.07, 6.45) is 18.2. The molecule has 0 amide bonds. The number of allylic oxidation sites excluding steroid dienone is 7. The smallest absolute Gasteiger partial charge is 0.293 e. The second-order valence-corrected chi connectivity index (χ2v) is 2.41. The van der Waals surface area contributed by atoms with Crippen molar-refractivity contribution in [1.82, 2.24) is 0 Å². The third kappa shape index (κ3) is 14.4. The summed E-state index contributed by atoms with van der Waals surface area (Å²) in [5.74, 6) is 0. The van der Waals surface area contributed by atoms with E-state index in [1.807, 2.05) is 19.1 Å². The summed E-state index contributed by atoms with van der Waals surface area (Å²) in [6, 6.07) is 0. The van der Waals surface area contributed by atoms with E-state index in [-0.39, 0.29) is 19.5 Å². The van der Waals surface area contributed by atoms with Crippen LogP contribution in [0.2, 0.25) is 0 Å². The molecule has 0 heterocycles. The molecule has 13 heavy (non-hydrogen) atoms. The summed E-state index contributed by atoms with van der Waals surface area (Å²) in [5, 5.41) is 0. The van der Waals surface area contributed by atoms with E-state index in [2.05, 4.69) is 18.2 Å². The van der Waals surface area contributed by atoms with Crippen molar-refractivity contribution in [3.63, 3.8) is 0 Å². The molecule has 0 unspecified atom stereocenters. The topological polar surface area (TPSA) is 0 Å². The Labute approximate surface area is 94.9 Å². The fourth-order valence-corrected chi connectivity index (χ4v) is 0.749. The molecule has 0 spiro atoms. The molecule has 0 N–H and O–H groups in total. The summed E-state index contributed by atoms with van der Waals surface area (Å²) in [7, 11) is 0. The van der Waals surface area contributed by atoms with Gasteiger partial charge in [0.05, 0.1) is 0 Å². The molecule has 1 heteroatoms. The zero-order valence-corrected chi connectivity index (χ0v) is 9.75. The Balaban J connectivity index is 0. The van der Waals surface area contributed by atoms with Crippen LogP contribution in [-0.4, -0.2) is 0 Å². The van der Waals surface area contributed by atoms with Crippen LogP contribution in [0.25, 0.3) is 0 Å². The molecule has 0 aromatic rings. The molecule has 0 aromatic heterocycles. The van der Waals surface area contributed by atoms with Gasteiger partial charge in [-0.25, -0.2) is 24.3 Å². The SMILES string of the molecule is [C-]1=CC=CCCC1.[CH-]=CC=CC.[Ru+2]. The van der Waals surface area contributed by atoms with E-state index in [1.165, 1.54) is 18.9 Å². The van der Waals surface area contributed by atoms with Gasteiger partial charge >= 0.3 is 19.5 Å². The van der Waals surface area contributed by atoms with Gasteiger partial charge in [0, 0.05) is 0 Å². The summed E-state index contributed by atoms with van der Waals surface area (Å²) in [4.78, 5) is 0. The molecule has 0 aromatic carbocycles. The molecule has 1 rings (SSSR count). The van der Waals surface area contributed by atoms with Gasteiger partial charge in [-0.05, 0) is 0 Å². The van der Waals surface area contributed by atoms with Crippen LogP contribution in [0.3, 0.4) is 0 Å². The predicted octanol–water partition coefficient (Wildman–Crippen LogP) is 3.64. The third-order valence-electron chi connectivity index (χ3n) is 1.35. The molecule has 0 bridgehead atoms. The Hall–Kier alpha value is -0.417. The Morgan fingerprint density at radius 1 is 1.46 bits per heavy atom. The van der Waals surface area contributed by atoms with Crippen LogP contribution < -0.4 is 0 Å². The molecule has 72 valence electrons. The number of hydrogen-bond donors (Lipinski definition) is 0. The molecular weight excluding hydrogens is 245 g/mol. The van der Waals surface area contributed by atoms with Gasteiger partial charge in [0.2, 0.25) is 0 Å². The summed E-state index contributed by atoms with van der Waals surface area (Å²) in [6.45, 7) is 6.85. The summed E-state index contributed by atoms with van der Waals surface area (Å²) < 4.78 is 0. The summed E-state index contributed by atoms with van der Waals surface area (Å²) >= 11 is 0. The van der Waals surface area contributed by atoms with Crippen molar-refractivity contribution < 1.29 is 19.5 Å². The van der Waals surface area contributed by atoms with Crippen LogP contribution >= 0.6 is 0 Å². The van der Waals surface area contributed by atoms with Gasteiger partial charge in [0.15, 0.2) is 0 Å². The van der Waals surface area contributed by atoms with Gasteiger partial charge in [-0.3, -0.25) is 12.7 Å². The average Bonchev–Trinajstić information content (AvgIpc) is 2.37. The third-order valence-corrected chi connectivity index (χ3v) is 1.35. The minimum atomic E-state index is 0. The minimum Gasteiger partial charge on any atom is -0.293 e. The first-order valence-electron chi connectivity index (χ1n) is 4.29. The number of hydrogen-bond acceptors (Lipinski definition) is 0. The van der Waals surface area contributed by atoms with Crippen LogP contribution in [0.15, 0.2) is 36.5 Å². The van der Waals surface area contributed by atoms with Gasteiger partial charge in [0.25, 0.3) is 0 Å². The quantitative estimate of drug-likeness (QED) is 0.384. The Morgan fingerprint density at radius 3 is 2.77 bits per heavy atom. The maximum atomic E-state index is 4.93. The molecule has 0 atom stereocenters. The molecule has 0 aliphatic heterocycles. The van der Waals surface area contributed by atoms with Crippen LogP contribution in [0.4, 0.5) is 0 Å². The molecule has 1 aliphatic rings. The molecule has 0 fully saturated rings. The maximum Gasteiger partial charge on any atom is 2.00 e. The van der Waals surface area contributed by atoms with Crippen molar-refractivity contribution in [2.24, 2.45) is 0 Å². The van der Waals surface area contributed by atoms with Gasteiger partial charge < -0.3 is 0 Å². The largest absolute Gasteiger partial charge is 2.00 e. The van der Waals surface area contributed by atoms with E-state index in [0.29, 0.717) is 0 Å². The first-order chi connectivity index (χ1) is 5.91. The Bertz CT molecular complexity index is 164. The monoisotopic (exact) mass is 262 g/mol. The van der Waals surface area contributed by atoms with Crippen molar-refractivity contribution in [2.75, 3.05) is 0 Å². The molecule has 0 radical (unpaired) electrons. The summed E-state index contributed by atoms with van der Waals surface area (Å²) in [5.41, 5.74) is 0. The second-order valence-electron chi connectivity index (χ2n) is 2.41. The van der Waals surface area contributed by atoms with Crippen molar-refractivity contribution >= 4 is 0 Å². The van der Waals surface area contributed by atoms with Gasteiger partial charge in [0.1, 0.15) is 0 Å². The predicted molar refractivity (Wildman–Crippen MR) is 54.5 cm³/mol. The first kappa shape index (κ1) is 15.1. The van der Waals surface area contributed by atoms with Gasteiger partial charge in [-0.15, -0.1) is 6.42 Å². The molecular formula is C12H16Ru. The Kier molecular flexibility index (Phi) is 16.4. The van der Waals surface area contributed by atoms with Crippen molar-refractivity contribution in [3.05, 3.63) is 49.1 Å². The molecule has 0 saturated heterocycles. The first-order valence-corrected chi connectivity index (χ1v) is 4.29. The zero-order valence-electron chi connectivity index (χ0n) is 8.02. The van der Waals surface area contributed by atoms with E-state index < -0.39 is 0 Å². The van der Waals surface area contributed by atoms with Crippen LogP contribution in [0.5, 0.6) is 0 Å². The van der Waals surface area contributed by atoms with Crippen LogP contribution in [-0.2, 0) is 19.5 Å². The van der Waals surface area contributed by atoms with E-state index in [1.54, 1.807) is 6.08 Å². The fourth-order valence-electron chi connectivity index (χ4n) is 0.749. The number of rotatable bonds is 1. The van der Waals surface area contributed by atoms with Crippen LogP contribution in [0, 0.1) is 12.7 Å². The minimum absolute atomic E-state index is 0. The van der Waals surface area contributed by atoms with Crippen LogP contribution in [0.1, 0.15) is 26.2 Å². The van der Waals surface area contributed by atoms with Crippen molar-refractivity contribution in [1.29, 1.82) is 0 Å². The molecule has 0 saturated carbocycles. The average molecular weight is 261 g/mol. The standard InChI is InChI=1S/C7H9.C5H7.Ru/c1-2-4-6-7-5-3-1;1-3-5-4-2;/h1-3H,4,6-7H2;1,3-5H,2H3;/q2*-1;+2. The van der Waals surface area contributed by atoms with E-state index >= 15 is 0 Å². The zero-order chi connectivity index (χ0) is 9.07. The molecule has 0 nitrogen and oxygen atoms in total. The van der Waals surface area contributed by atoms with Gasteiger partial charge in [-0.2, -0.15) is 12.2 Å². The van der Waals surface area contributed by atoms with E-state index in [0.717, 1.165) is 6.42 Å². The Morgan fingerprint density at radius 2 is 2.23 bits per heavy atom. The maximum absolute atomic E-state index is 4.93. The van der Waals surface area contributed by atoms with Crippen molar-refractivity contribution in [3.8, 4) is 0 Å². The van der Waals surface area contributed by atoms with Gasteiger partial charge in [-0.1, -0.05) is 19.8 Å². The fraction of sp³-hybridized carbons (Fsp3) is 0.333. The van der Waals surface area contributed by atoms with E-state index in [4.69, 9.17) is 6.58 Å².